The van der Waals surface area contributed by atoms with Crippen molar-refractivity contribution in [2.45, 2.75) is 5.41 Å². The third-order valence-corrected chi connectivity index (χ3v) is 12.3. The van der Waals surface area contributed by atoms with Crippen molar-refractivity contribution in [1.82, 2.24) is 4.98 Å². The van der Waals surface area contributed by atoms with Gasteiger partial charge >= 0.3 is 0 Å². The number of fused-ring (bicyclic) bond motifs is 9. The first kappa shape index (κ1) is 33.4. The molecule has 9 aromatic carbocycles. The number of para-hydroxylation sites is 3. The van der Waals surface area contributed by atoms with E-state index in [1.54, 1.807) is 0 Å². The lowest BCUT2D eigenvalue weighted by Crippen LogP contribution is -2.37. The van der Waals surface area contributed by atoms with E-state index < -0.39 is 5.41 Å². The molecule has 0 unspecified atom stereocenters. The van der Waals surface area contributed by atoms with Crippen LogP contribution in [-0.4, -0.2) is 4.98 Å². The van der Waals surface area contributed by atoms with E-state index >= 15 is 0 Å². The van der Waals surface area contributed by atoms with Crippen LogP contribution in [0.3, 0.4) is 0 Å². The molecule has 0 amide bonds. The van der Waals surface area contributed by atoms with Crippen molar-refractivity contribution in [3.05, 3.63) is 241 Å². The molecule has 11 aromatic rings. The SMILES string of the molecule is c1ccc(-c2nc3ccc(-c4ccc(N5c6ccccc6C(c6ccccc6)(c6ccccc6)c6ccccc65)cc4)cc3c3c2ccc2oc4ccccc4c23)cc1. The molecule has 0 bridgehead atoms. The van der Waals surface area contributed by atoms with E-state index in [1.165, 1.54) is 33.6 Å². The van der Waals surface area contributed by atoms with Gasteiger partial charge in [0.1, 0.15) is 11.2 Å². The highest BCUT2D eigenvalue weighted by Gasteiger charge is 2.46. The van der Waals surface area contributed by atoms with E-state index in [9.17, 15) is 0 Å². The van der Waals surface area contributed by atoms with Crippen LogP contribution in [0.2, 0.25) is 0 Å². The first-order chi connectivity index (χ1) is 29.3. The Bertz CT molecular complexity index is 3280. The van der Waals surface area contributed by atoms with Gasteiger partial charge < -0.3 is 9.32 Å². The lowest BCUT2D eigenvalue weighted by Gasteiger charge is -2.46. The zero-order chi connectivity index (χ0) is 38.9. The molecule has 3 nitrogen and oxygen atoms in total. The Morgan fingerprint density at radius 1 is 0.390 bits per heavy atom. The molecule has 1 aliphatic rings. The Morgan fingerprint density at radius 3 is 1.64 bits per heavy atom. The van der Waals surface area contributed by atoms with Gasteiger partial charge in [-0.3, -0.25) is 0 Å². The predicted octanol–water partition coefficient (Wildman–Crippen LogP) is 14.8. The number of anilines is 3. The highest BCUT2D eigenvalue weighted by Crippen LogP contribution is 2.57. The first-order valence-electron chi connectivity index (χ1n) is 20.2. The molecule has 0 fully saturated rings. The fourth-order valence-corrected chi connectivity index (χ4v) is 9.80. The van der Waals surface area contributed by atoms with Crippen molar-refractivity contribution >= 4 is 60.7 Å². The van der Waals surface area contributed by atoms with Crippen molar-refractivity contribution in [3.8, 4) is 22.4 Å². The van der Waals surface area contributed by atoms with Crippen LogP contribution in [0.5, 0.6) is 0 Å². The average Bonchev–Trinajstić information content (AvgIpc) is 3.70. The lowest BCUT2D eigenvalue weighted by atomic mass is 9.62. The molecule has 3 heterocycles. The van der Waals surface area contributed by atoms with Crippen molar-refractivity contribution in [1.29, 1.82) is 0 Å². The summed E-state index contributed by atoms with van der Waals surface area (Å²) in [6.45, 7) is 0. The van der Waals surface area contributed by atoms with Crippen LogP contribution in [0.25, 0.3) is 66.0 Å². The Morgan fingerprint density at radius 2 is 0.966 bits per heavy atom. The predicted molar refractivity (Wildman–Crippen MR) is 244 cm³/mol. The van der Waals surface area contributed by atoms with Crippen LogP contribution in [0.4, 0.5) is 17.1 Å². The Hall–Kier alpha value is -7.75. The van der Waals surface area contributed by atoms with Gasteiger partial charge in [0.05, 0.1) is 28.0 Å². The molecule has 276 valence electrons. The second kappa shape index (κ2) is 13.2. The second-order valence-corrected chi connectivity index (χ2v) is 15.4. The molecule has 0 atom stereocenters. The van der Waals surface area contributed by atoms with Gasteiger partial charge in [-0.1, -0.05) is 164 Å². The van der Waals surface area contributed by atoms with Crippen molar-refractivity contribution in [2.75, 3.05) is 4.90 Å². The molecule has 0 saturated heterocycles. The molecule has 0 spiro atoms. The van der Waals surface area contributed by atoms with Gasteiger partial charge in [0.2, 0.25) is 0 Å². The van der Waals surface area contributed by atoms with Gasteiger partial charge in [0, 0.05) is 38.2 Å². The van der Waals surface area contributed by atoms with Gasteiger partial charge in [0.25, 0.3) is 0 Å². The van der Waals surface area contributed by atoms with Crippen molar-refractivity contribution in [2.24, 2.45) is 0 Å². The summed E-state index contributed by atoms with van der Waals surface area (Å²) in [6.07, 6.45) is 0. The molecule has 0 radical (unpaired) electrons. The van der Waals surface area contributed by atoms with Crippen molar-refractivity contribution in [3.63, 3.8) is 0 Å². The largest absolute Gasteiger partial charge is 0.456 e. The summed E-state index contributed by atoms with van der Waals surface area (Å²) in [4.78, 5) is 7.75. The number of hydrogen-bond acceptors (Lipinski definition) is 3. The van der Waals surface area contributed by atoms with Crippen LogP contribution >= 0.6 is 0 Å². The van der Waals surface area contributed by atoms with Gasteiger partial charge in [-0.05, 0) is 88.0 Å². The van der Waals surface area contributed by atoms with Crippen LogP contribution in [0, 0.1) is 0 Å². The standard InChI is InChI=1S/C56H36N2O/c1-4-16-38(17-5-1)55-44-33-35-52-54(43-22-10-15-27-51(43)59-52)53(44)45-36-39(30-34-48(45)57-55)37-28-31-42(32-29-37)58-49-25-13-11-23-46(49)56(40-18-6-2-7-19-40,41-20-8-3-9-21-41)47-24-12-14-26-50(47)58/h1-36H. The summed E-state index contributed by atoms with van der Waals surface area (Å²) >= 11 is 0. The number of pyridine rings is 1. The molecule has 0 aliphatic carbocycles. The molecule has 0 N–H and O–H groups in total. The van der Waals surface area contributed by atoms with E-state index in [0.717, 1.165) is 71.7 Å². The molecule has 0 saturated carbocycles. The minimum Gasteiger partial charge on any atom is -0.456 e. The molecule has 3 heteroatoms. The fraction of sp³-hybridized carbons (Fsp3) is 0.0179. The quantitative estimate of drug-likeness (QED) is 0.164. The minimum absolute atomic E-state index is 0.500. The first-order valence-corrected chi connectivity index (χ1v) is 20.2. The Labute approximate surface area is 342 Å². The van der Waals surface area contributed by atoms with E-state index in [0.29, 0.717) is 0 Å². The highest BCUT2D eigenvalue weighted by molar-refractivity contribution is 6.28. The lowest BCUT2D eigenvalue weighted by molar-refractivity contribution is 0.669. The number of hydrogen-bond donors (Lipinski definition) is 0. The minimum atomic E-state index is -0.500. The van der Waals surface area contributed by atoms with Gasteiger partial charge in [-0.25, -0.2) is 4.98 Å². The summed E-state index contributed by atoms with van der Waals surface area (Å²) in [6, 6.07) is 78.6. The normalized spacial score (nSPS) is 13.2. The third kappa shape index (κ3) is 4.98. The fourth-order valence-electron chi connectivity index (χ4n) is 9.80. The summed E-state index contributed by atoms with van der Waals surface area (Å²) in [5.41, 5.74) is 15.0. The number of rotatable bonds is 5. The average molecular weight is 753 g/mol. The summed E-state index contributed by atoms with van der Waals surface area (Å²) in [7, 11) is 0. The molecular weight excluding hydrogens is 717 g/mol. The zero-order valence-electron chi connectivity index (χ0n) is 32.1. The third-order valence-electron chi connectivity index (χ3n) is 12.3. The highest BCUT2D eigenvalue weighted by atomic mass is 16.3. The number of furan rings is 1. The number of nitrogens with zero attached hydrogens (tertiary/aromatic N) is 2. The van der Waals surface area contributed by atoms with Crippen LogP contribution in [0.1, 0.15) is 22.3 Å². The summed E-state index contributed by atoms with van der Waals surface area (Å²) < 4.78 is 6.43. The summed E-state index contributed by atoms with van der Waals surface area (Å²) in [5.74, 6) is 0. The maximum absolute atomic E-state index is 6.43. The van der Waals surface area contributed by atoms with E-state index in [1.807, 2.05) is 6.07 Å². The van der Waals surface area contributed by atoms with E-state index in [-0.39, 0.29) is 0 Å². The van der Waals surface area contributed by atoms with E-state index in [2.05, 4.69) is 217 Å². The van der Waals surface area contributed by atoms with Crippen molar-refractivity contribution < 1.29 is 4.42 Å². The maximum Gasteiger partial charge on any atom is 0.136 e. The molecular formula is C56H36N2O. The Balaban J connectivity index is 1.03. The monoisotopic (exact) mass is 752 g/mol. The second-order valence-electron chi connectivity index (χ2n) is 15.4. The van der Waals surface area contributed by atoms with Crippen LogP contribution in [0.15, 0.2) is 223 Å². The topological polar surface area (TPSA) is 29.3 Å². The van der Waals surface area contributed by atoms with Gasteiger partial charge in [-0.2, -0.15) is 0 Å². The van der Waals surface area contributed by atoms with E-state index in [4.69, 9.17) is 9.40 Å². The van der Waals surface area contributed by atoms with Gasteiger partial charge in [0.15, 0.2) is 0 Å². The molecule has 12 rings (SSSR count). The number of benzene rings is 9. The van der Waals surface area contributed by atoms with Crippen LogP contribution in [-0.2, 0) is 5.41 Å². The summed E-state index contributed by atoms with van der Waals surface area (Å²) in [5, 5.41) is 5.62. The Kier molecular flexibility index (Phi) is 7.45. The molecule has 59 heavy (non-hydrogen) atoms. The van der Waals surface area contributed by atoms with Crippen LogP contribution < -0.4 is 4.90 Å². The van der Waals surface area contributed by atoms with Gasteiger partial charge in [-0.15, -0.1) is 0 Å². The molecule has 2 aromatic heterocycles. The molecule has 1 aliphatic heterocycles. The maximum atomic E-state index is 6.43. The smallest absolute Gasteiger partial charge is 0.136 e. The zero-order valence-corrected chi connectivity index (χ0v) is 32.1. The number of aromatic nitrogens is 1.